The second-order valence-corrected chi connectivity index (χ2v) is 2.92. The van der Waals surface area contributed by atoms with E-state index in [0.29, 0.717) is 5.56 Å². The van der Waals surface area contributed by atoms with Crippen LogP contribution < -0.4 is 5.73 Å². The second kappa shape index (κ2) is 3.11. The summed E-state index contributed by atoms with van der Waals surface area (Å²) in [6.07, 6.45) is 0. The predicted molar refractivity (Wildman–Crippen MR) is 45.4 cm³/mol. The first kappa shape index (κ1) is 9.00. The minimum Gasteiger partial charge on any atom is -0.508 e. The standard InChI is InChI=1S/C9H12FNO/c1-5-3-4-7(12)8(6(2)11)9(5)10/h3-4,6,12H,11H2,1-2H3. The van der Waals surface area contributed by atoms with E-state index >= 15 is 0 Å². The summed E-state index contributed by atoms with van der Waals surface area (Å²) < 4.78 is 13.3. The molecule has 0 aliphatic heterocycles. The van der Waals surface area contributed by atoms with Crippen LogP contribution in [-0.2, 0) is 0 Å². The highest BCUT2D eigenvalue weighted by atomic mass is 19.1. The van der Waals surface area contributed by atoms with Crippen molar-refractivity contribution in [2.24, 2.45) is 5.73 Å². The number of hydrogen-bond acceptors (Lipinski definition) is 2. The highest BCUT2D eigenvalue weighted by Gasteiger charge is 2.13. The molecular weight excluding hydrogens is 157 g/mol. The molecule has 1 aromatic carbocycles. The van der Waals surface area contributed by atoms with Crippen molar-refractivity contribution in [3.05, 3.63) is 29.1 Å². The zero-order valence-electron chi connectivity index (χ0n) is 7.13. The van der Waals surface area contributed by atoms with Crippen LogP contribution in [0.25, 0.3) is 0 Å². The van der Waals surface area contributed by atoms with Crippen molar-refractivity contribution in [3.8, 4) is 5.75 Å². The van der Waals surface area contributed by atoms with Crippen molar-refractivity contribution >= 4 is 0 Å². The maximum Gasteiger partial charge on any atom is 0.134 e. The van der Waals surface area contributed by atoms with Gasteiger partial charge in [-0.2, -0.15) is 0 Å². The van der Waals surface area contributed by atoms with Gasteiger partial charge in [-0.1, -0.05) is 6.07 Å². The zero-order chi connectivity index (χ0) is 9.30. The van der Waals surface area contributed by atoms with Gasteiger partial charge in [0.25, 0.3) is 0 Å². The molecule has 0 aliphatic rings. The molecular formula is C9H12FNO. The summed E-state index contributed by atoms with van der Waals surface area (Å²) >= 11 is 0. The summed E-state index contributed by atoms with van der Waals surface area (Å²) in [6, 6.07) is 2.50. The second-order valence-electron chi connectivity index (χ2n) is 2.92. The molecule has 1 unspecified atom stereocenters. The van der Waals surface area contributed by atoms with Crippen LogP contribution in [0.2, 0.25) is 0 Å². The van der Waals surface area contributed by atoms with Crippen LogP contribution in [0, 0.1) is 12.7 Å². The normalized spacial score (nSPS) is 13.0. The van der Waals surface area contributed by atoms with Crippen molar-refractivity contribution < 1.29 is 9.50 Å². The molecule has 0 saturated heterocycles. The van der Waals surface area contributed by atoms with Gasteiger partial charge in [-0.05, 0) is 25.5 Å². The summed E-state index contributed by atoms with van der Waals surface area (Å²) in [4.78, 5) is 0. The largest absolute Gasteiger partial charge is 0.508 e. The third-order valence-electron chi connectivity index (χ3n) is 1.81. The van der Waals surface area contributed by atoms with Gasteiger partial charge in [0.05, 0.1) is 0 Å². The average Bonchev–Trinajstić information content (AvgIpc) is 1.97. The van der Waals surface area contributed by atoms with Crippen LogP contribution in [0.4, 0.5) is 4.39 Å². The molecule has 1 aromatic rings. The summed E-state index contributed by atoms with van der Waals surface area (Å²) in [5, 5.41) is 9.27. The average molecular weight is 169 g/mol. The topological polar surface area (TPSA) is 46.2 Å². The van der Waals surface area contributed by atoms with Gasteiger partial charge in [0.2, 0.25) is 0 Å². The summed E-state index contributed by atoms with van der Waals surface area (Å²) in [7, 11) is 0. The zero-order valence-corrected chi connectivity index (χ0v) is 7.13. The van der Waals surface area contributed by atoms with Crippen LogP contribution in [-0.4, -0.2) is 5.11 Å². The highest BCUT2D eigenvalue weighted by Crippen LogP contribution is 2.27. The number of halogens is 1. The van der Waals surface area contributed by atoms with Gasteiger partial charge < -0.3 is 10.8 Å². The first-order valence-electron chi connectivity index (χ1n) is 3.77. The molecule has 0 fully saturated rings. The lowest BCUT2D eigenvalue weighted by molar-refractivity contribution is 0.451. The van der Waals surface area contributed by atoms with Crippen LogP contribution in [0.5, 0.6) is 5.75 Å². The van der Waals surface area contributed by atoms with Crippen LogP contribution in [0.3, 0.4) is 0 Å². The fourth-order valence-electron chi connectivity index (χ4n) is 1.12. The van der Waals surface area contributed by atoms with E-state index < -0.39 is 11.9 Å². The lowest BCUT2D eigenvalue weighted by Crippen LogP contribution is -2.08. The van der Waals surface area contributed by atoms with Crippen molar-refractivity contribution in [2.75, 3.05) is 0 Å². The molecule has 0 spiro atoms. The Bertz CT molecular complexity index is 297. The van der Waals surface area contributed by atoms with E-state index in [0.717, 1.165) is 0 Å². The number of benzene rings is 1. The fraction of sp³-hybridized carbons (Fsp3) is 0.333. The van der Waals surface area contributed by atoms with E-state index in [1.165, 1.54) is 12.1 Å². The third kappa shape index (κ3) is 1.41. The van der Waals surface area contributed by atoms with Crippen LogP contribution >= 0.6 is 0 Å². The third-order valence-corrected chi connectivity index (χ3v) is 1.81. The Kier molecular flexibility index (Phi) is 2.33. The number of nitrogens with two attached hydrogens (primary N) is 1. The van der Waals surface area contributed by atoms with E-state index in [4.69, 9.17) is 5.73 Å². The SMILES string of the molecule is Cc1ccc(O)c(C(C)N)c1F. The molecule has 0 aliphatic carbocycles. The van der Waals surface area contributed by atoms with E-state index in [1.54, 1.807) is 13.8 Å². The molecule has 2 nitrogen and oxygen atoms in total. The molecule has 3 N–H and O–H groups in total. The van der Waals surface area contributed by atoms with E-state index in [-0.39, 0.29) is 11.3 Å². The van der Waals surface area contributed by atoms with E-state index in [9.17, 15) is 9.50 Å². The first-order valence-corrected chi connectivity index (χ1v) is 3.77. The van der Waals surface area contributed by atoms with E-state index in [2.05, 4.69) is 0 Å². The molecule has 1 rings (SSSR count). The number of aromatic hydroxyl groups is 1. The quantitative estimate of drug-likeness (QED) is 0.674. The van der Waals surface area contributed by atoms with Gasteiger partial charge in [-0.15, -0.1) is 0 Å². The molecule has 66 valence electrons. The highest BCUT2D eigenvalue weighted by molar-refractivity contribution is 5.39. The predicted octanol–water partition coefficient (Wildman–Crippen LogP) is 1.86. The molecule has 1 atom stereocenters. The van der Waals surface area contributed by atoms with Gasteiger partial charge in [0.1, 0.15) is 11.6 Å². The maximum absolute atomic E-state index is 13.3. The Morgan fingerprint density at radius 2 is 2.08 bits per heavy atom. The van der Waals surface area contributed by atoms with Gasteiger partial charge >= 0.3 is 0 Å². The first-order chi connectivity index (χ1) is 5.54. The molecule has 0 amide bonds. The fourth-order valence-corrected chi connectivity index (χ4v) is 1.12. The summed E-state index contributed by atoms with van der Waals surface area (Å²) in [6.45, 7) is 3.28. The Labute approximate surface area is 70.8 Å². The van der Waals surface area contributed by atoms with Crippen molar-refractivity contribution in [1.82, 2.24) is 0 Å². The molecule has 3 heteroatoms. The van der Waals surface area contributed by atoms with Gasteiger partial charge in [-0.25, -0.2) is 4.39 Å². The molecule has 0 radical (unpaired) electrons. The van der Waals surface area contributed by atoms with Crippen LogP contribution in [0.15, 0.2) is 12.1 Å². The summed E-state index contributed by atoms with van der Waals surface area (Å²) in [5.41, 5.74) is 6.17. The molecule has 0 saturated carbocycles. The number of hydrogen-bond donors (Lipinski definition) is 2. The van der Waals surface area contributed by atoms with Crippen molar-refractivity contribution in [1.29, 1.82) is 0 Å². The maximum atomic E-state index is 13.3. The van der Waals surface area contributed by atoms with Crippen molar-refractivity contribution in [2.45, 2.75) is 19.9 Å². The molecule has 12 heavy (non-hydrogen) atoms. The minimum atomic E-state index is -0.482. The monoisotopic (exact) mass is 169 g/mol. The Morgan fingerprint density at radius 3 is 2.50 bits per heavy atom. The lowest BCUT2D eigenvalue weighted by Gasteiger charge is -2.10. The number of phenols is 1. The number of phenolic OH excluding ortho intramolecular Hbond substituents is 1. The van der Waals surface area contributed by atoms with Gasteiger partial charge in [0, 0.05) is 11.6 Å². The number of rotatable bonds is 1. The minimum absolute atomic E-state index is 0.0758. The van der Waals surface area contributed by atoms with Gasteiger partial charge in [-0.3, -0.25) is 0 Å². The summed E-state index contributed by atoms with van der Waals surface area (Å²) in [5.74, 6) is -0.488. The van der Waals surface area contributed by atoms with Gasteiger partial charge in [0.15, 0.2) is 0 Å². The molecule has 0 aromatic heterocycles. The smallest absolute Gasteiger partial charge is 0.134 e. The molecule has 0 bridgehead atoms. The Balaban J connectivity index is 3.33. The lowest BCUT2D eigenvalue weighted by atomic mass is 10.0. The Morgan fingerprint density at radius 1 is 1.50 bits per heavy atom. The Hall–Kier alpha value is -1.09. The molecule has 0 heterocycles. The van der Waals surface area contributed by atoms with E-state index in [1.807, 2.05) is 0 Å². The van der Waals surface area contributed by atoms with Crippen LogP contribution in [0.1, 0.15) is 24.1 Å². The number of aryl methyl sites for hydroxylation is 1. The van der Waals surface area contributed by atoms with Crippen molar-refractivity contribution in [3.63, 3.8) is 0 Å².